The number of esters is 1. The lowest BCUT2D eigenvalue weighted by Crippen LogP contribution is -2.62. The zero-order valence-electron chi connectivity index (χ0n) is 23.8. The number of fused-ring (bicyclic) bond motifs is 7. The van der Waals surface area contributed by atoms with E-state index in [-0.39, 0.29) is 33.0 Å². The van der Waals surface area contributed by atoms with Crippen LogP contribution in [0, 0.1) is 50.2 Å². The molecule has 0 heterocycles. The second kappa shape index (κ2) is 7.70. The molecule has 35 heavy (non-hydrogen) atoms. The van der Waals surface area contributed by atoms with E-state index in [2.05, 4.69) is 54.5 Å². The number of carbonyl (C=O) groups is 2. The molecule has 0 aliphatic heterocycles. The molecule has 8 unspecified atom stereocenters. The van der Waals surface area contributed by atoms with Gasteiger partial charge in [-0.2, -0.15) is 0 Å². The summed E-state index contributed by atoms with van der Waals surface area (Å²) in [5.41, 5.74) is 2.71. The van der Waals surface area contributed by atoms with E-state index in [1.165, 1.54) is 45.4 Å². The Morgan fingerprint density at radius 3 is 2.17 bits per heavy atom. The van der Waals surface area contributed by atoms with Crippen LogP contribution in [-0.4, -0.2) is 18.4 Å². The van der Waals surface area contributed by atoms with Gasteiger partial charge in [-0.25, -0.2) is 0 Å². The minimum absolute atomic E-state index is 0.0798. The number of hydrogen-bond acceptors (Lipinski definition) is 3. The van der Waals surface area contributed by atoms with E-state index in [0.29, 0.717) is 35.6 Å². The van der Waals surface area contributed by atoms with Gasteiger partial charge in [-0.3, -0.25) is 9.59 Å². The summed E-state index contributed by atoms with van der Waals surface area (Å²) >= 11 is 0. The monoisotopic (exact) mass is 482 g/mol. The maximum Gasteiger partial charge on any atom is 0.302 e. The quantitative estimate of drug-likeness (QED) is 0.296. The zero-order chi connectivity index (χ0) is 25.7. The third kappa shape index (κ3) is 3.48. The van der Waals surface area contributed by atoms with Gasteiger partial charge in [0.2, 0.25) is 0 Å². The molecule has 5 rings (SSSR count). The van der Waals surface area contributed by atoms with Crippen LogP contribution in [0.25, 0.3) is 0 Å². The summed E-state index contributed by atoms with van der Waals surface area (Å²) in [6.07, 6.45) is 14.2. The Hall–Kier alpha value is -1.12. The third-order valence-corrected chi connectivity index (χ3v) is 13.0. The van der Waals surface area contributed by atoms with Crippen molar-refractivity contribution in [2.45, 2.75) is 120 Å². The van der Waals surface area contributed by atoms with Crippen molar-refractivity contribution in [2.24, 2.45) is 50.2 Å². The van der Waals surface area contributed by atoms with Gasteiger partial charge in [-0.1, -0.05) is 60.1 Å². The number of rotatable bonds is 2. The summed E-state index contributed by atoms with van der Waals surface area (Å²) in [4.78, 5) is 24.6. The Bertz CT molecular complexity index is 962. The molecule has 4 saturated carbocycles. The highest BCUT2D eigenvalue weighted by molar-refractivity contribution is 5.85. The first-order chi connectivity index (χ1) is 16.1. The molecule has 0 radical (unpaired) electrons. The van der Waals surface area contributed by atoms with E-state index in [1.54, 1.807) is 5.57 Å². The molecule has 0 amide bonds. The zero-order valence-corrected chi connectivity index (χ0v) is 23.8. The van der Waals surface area contributed by atoms with Crippen molar-refractivity contribution in [2.75, 3.05) is 6.61 Å². The van der Waals surface area contributed by atoms with Crippen LogP contribution < -0.4 is 0 Å². The van der Waals surface area contributed by atoms with Crippen molar-refractivity contribution in [3.05, 3.63) is 11.6 Å². The average molecular weight is 483 g/mol. The average Bonchev–Trinajstić information content (AvgIpc) is 2.76. The van der Waals surface area contributed by atoms with Crippen molar-refractivity contribution >= 4 is 11.8 Å². The van der Waals surface area contributed by atoms with E-state index in [0.717, 1.165) is 25.7 Å². The fourth-order valence-corrected chi connectivity index (χ4v) is 11.0. The molecule has 3 nitrogen and oxygen atoms in total. The topological polar surface area (TPSA) is 43.4 Å². The van der Waals surface area contributed by atoms with Crippen LogP contribution in [0.4, 0.5) is 0 Å². The largest absolute Gasteiger partial charge is 0.465 e. The minimum atomic E-state index is -0.184. The maximum absolute atomic E-state index is 12.9. The lowest BCUT2D eigenvalue weighted by molar-refractivity contribution is -0.170. The fourth-order valence-electron chi connectivity index (χ4n) is 11.0. The molecule has 4 fully saturated rings. The summed E-state index contributed by atoms with van der Waals surface area (Å²) in [6.45, 7) is 19.2. The van der Waals surface area contributed by atoms with Crippen molar-refractivity contribution in [3.8, 4) is 0 Å². The minimum Gasteiger partial charge on any atom is -0.465 e. The Morgan fingerprint density at radius 2 is 1.51 bits per heavy atom. The highest BCUT2D eigenvalue weighted by Crippen LogP contribution is 2.74. The maximum atomic E-state index is 12.9. The highest BCUT2D eigenvalue weighted by Gasteiger charge is 2.67. The highest BCUT2D eigenvalue weighted by atomic mass is 16.5. The van der Waals surface area contributed by atoms with Gasteiger partial charge in [0.15, 0.2) is 0 Å². The van der Waals surface area contributed by atoms with Gasteiger partial charge in [-0.05, 0) is 97.2 Å². The van der Waals surface area contributed by atoms with Crippen molar-refractivity contribution in [1.82, 2.24) is 0 Å². The van der Waals surface area contributed by atoms with E-state index >= 15 is 0 Å². The van der Waals surface area contributed by atoms with Gasteiger partial charge in [0.1, 0.15) is 5.78 Å². The van der Waals surface area contributed by atoms with Crippen LogP contribution in [0.15, 0.2) is 11.6 Å². The molecule has 0 aromatic rings. The molecule has 0 spiro atoms. The summed E-state index contributed by atoms with van der Waals surface area (Å²) in [6, 6.07) is 0. The van der Waals surface area contributed by atoms with E-state index in [4.69, 9.17) is 4.74 Å². The lowest BCUT2D eigenvalue weighted by Gasteiger charge is -2.69. The van der Waals surface area contributed by atoms with Crippen LogP contribution in [0.2, 0.25) is 0 Å². The summed E-state index contributed by atoms with van der Waals surface area (Å²) < 4.78 is 5.59. The molecular formula is C32H50O3. The first-order valence-corrected chi connectivity index (χ1v) is 14.5. The number of ether oxygens (including phenoxy) is 1. The number of Topliss-reactive ketones (excluding diaryl/α,β-unsaturated/α-hetero) is 1. The van der Waals surface area contributed by atoms with Gasteiger partial charge in [0, 0.05) is 24.2 Å². The van der Waals surface area contributed by atoms with Crippen LogP contribution >= 0.6 is 0 Å². The second-order valence-electron chi connectivity index (χ2n) is 15.5. The van der Waals surface area contributed by atoms with Crippen LogP contribution in [0.1, 0.15) is 120 Å². The van der Waals surface area contributed by atoms with Crippen LogP contribution in [0.5, 0.6) is 0 Å². The van der Waals surface area contributed by atoms with E-state index in [9.17, 15) is 9.59 Å². The van der Waals surface area contributed by atoms with Crippen molar-refractivity contribution in [3.63, 3.8) is 0 Å². The molecule has 0 aromatic heterocycles. The van der Waals surface area contributed by atoms with E-state index in [1.807, 2.05) is 0 Å². The van der Waals surface area contributed by atoms with Crippen LogP contribution in [-0.2, 0) is 14.3 Å². The van der Waals surface area contributed by atoms with Gasteiger partial charge >= 0.3 is 5.97 Å². The molecule has 0 bridgehead atoms. The number of ketones is 1. The first-order valence-electron chi connectivity index (χ1n) is 14.5. The third-order valence-electron chi connectivity index (χ3n) is 13.0. The molecule has 0 saturated heterocycles. The van der Waals surface area contributed by atoms with Gasteiger partial charge < -0.3 is 4.74 Å². The van der Waals surface area contributed by atoms with Gasteiger partial charge in [-0.15, -0.1) is 0 Å². The summed E-state index contributed by atoms with van der Waals surface area (Å²) in [5.74, 6) is 2.15. The summed E-state index contributed by atoms with van der Waals surface area (Å²) in [7, 11) is 0. The number of hydrogen-bond donors (Lipinski definition) is 0. The second-order valence-corrected chi connectivity index (χ2v) is 15.5. The number of allylic oxidation sites excluding steroid dienone is 2. The van der Waals surface area contributed by atoms with Gasteiger partial charge in [0.05, 0.1) is 6.61 Å². The molecular weight excluding hydrogens is 432 g/mol. The Balaban J connectivity index is 1.50. The Morgan fingerprint density at radius 1 is 0.886 bits per heavy atom. The lowest BCUT2D eigenvalue weighted by atomic mass is 9.35. The predicted octanol–water partition coefficient (Wildman–Crippen LogP) is 7.92. The van der Waals surface area contributed by atoms with Crippen molar-refractivity contribution < 1.29 is 14.3 Å². The van der Waals surface area contributed by atoms with Crippen LogP contribution in [0.3, 0.4) is 0 Å². The summed E-state index contributed by atoms with van der Waals surface area (Å²) in [5, 5.41) is 0. The standard InChI is InChI=1S/C32H50O3/c1-21(33)35-20-28(4)17-18-29(5)13-9-23-31(7)14-10-22-27(2,3)26(34)12-16-30(22,6)24(31)11-15-32(23,8)25(29)19-28/h9,22,24-25H,10-20H2,1-8H3. The molecule has 5 aliphatic carbocycles. The molecule has 0 aromatic carbocycles. The van der Waals surface area contributed by atoms with E-state index < -0.39 is 0 Å². The number of carbonyl (C=O) groups excluding carboxylic acids is 2. The SMILES string of the molecule is CC(=O)OCC1(C)CCC2(C)CC=C3C(C)(CCC4C3(C)CCC3C(C)(C)C(=O)CCC34C)C2C1. The Labute approximate surface area is 214 Å². The van der Waals surface area contributed by atoms with Crippen molar-refractivity contribution in [1.29, 1.82) is 0 Å². The Kier molecular flexibility index (Phi) is 5.62. The first kappa shape index (κ1) is 25.5. The van der Waals surface area contributed by atoms with Gasteiger partial charge in [0.25, 0.3) is 0 Å². The molecule has 5 aliphatic rings. The molecule has 0 N–H and O–H groups in total. The molecule has 3 heteroatoms. The predicted molar refractivity (Wildman–Crippen MR) is 141 cm³/mol. The smallest absolute Gasteiger partial charge is 0.302 e. The normalized spacial score (nSPS) is 50.7. The molecule has 8 atom stereocenters. The molecule has 196 valence electrons. The fraction of sp³-hybridized carbons (Fsp3) is 0.875.